The molecule has 1 N–H and O–H groups in total. The first-order valence-corrected chi connectivity index (χ1v) is 11.5. The molecule has 0 unspecified atom stereocenters. The average Bonchev–Trinajstić information content (AvgIpc) is 3.28. The number of nitrogens with zero attached hydrogens (tertiary/aromatic N) is 4. The fourth-order valence-electron chi connectivity index (χ4n) is 3.06. The molecule has 0 aliphatic rings. The lowest BCUT2D eigenvalue weighted by atomic mass is 10.2. The summed E-state index contributed by atoms with van der Waals surface area (Å²) in [6, 6.07) is 7.95. The van der Waals surface area contributed by atoms with Crippen LogP contribution < -0.4 is 10.1 Å². The Kier molecular flexibility index (Phi) is 7.54. The van der Waals surface area contributed by atoms with Gasteiger partial charge in [0.05, 0.1) is 17.7 Å². The van der Waals surface area contributed by atoms with Crippen molar-refractivity contribution in [3.63, 3.8) is 0 Å². The fraction of sp³-hybridized carbons (Fsp3) is 0.333. The lowest BCUT2D eigenvalue weighted by Gasteiger charge is -2.19. The molecule has 0 spiro atoms. The van der Waals surface area contributed by atoms with Gasteiger partial charge in [0.2, 0.25) is 27.6 Å². The number of ether oxygens (including phenoxy) is 1. The van der Waals surface area contributed by atoms with E-state index in [0.29, 0.717) is 36.1 Å². The summed E-state index contributed by atoms with van der Waals surface area (Å²) in [5.74, 6) is 0.712. The molecule has 0 aliphatic carbocycles. The molecular weight excluding hydrogens is 434 g/mol. The SMILES string of the molecule is CCN(CC)S(=O)(=O)c1ccc(OC)c(NC(=O)CCc2nc(-c3cccnc3)no2)c1. The quantitative estimate of drug-likeness (QED) is 0.490. The van der Waals surface area contributed by atoms with Gasteiger partial charge in [0.25, 0.3) is 0 Å². The van der Waals surface area contributed by atoms with Crippen LogP contribution >= 0.6 is 0 Å². The van der Waals surface area contributed by atoms with Gasteiger partial charge >= 0.3 is 0 Å². The molecule has 2 heterocycles. The lowest BCUT2D eigenvalue weighted by Crippen LogP contribution is -2.30. The molecule has 0 bridgehead atoms. The summed E-state index contributed by atoms with van der Waals surface area (Å²) in [6.45, 7) is 4.23. The van der Waals surface area contributed by atoms with E-state index in [9.17, 15) is 13.2 Å². The highest BCUT2D eigenvalue weighted by Crippen LogP contribution is 2.29. The highest BCUT2D eigenvalue weighted by atomic mass is 32.2. The van der Waals surface area contributed by atoms with Gasteiger partial charge in [-0.05, 0) is 30.3 Å². The third-order valence-corrected chi connectivity index (χ3v) is 6.79. The maximum absolute atomic E-state index is 12.8. The second-order valence-electron chi connectivity index (χ2n) is 6.75. The molecule has 0 radical (unpaired) electrons. The van der Waals surface area contributed by atoms with Crippen LogP contribution in [0.2, 0.25) is 0 Å². The van der Waals surface area contributed by atoms with E-state index in [1.165, 1.54) is 29.6 Å². The van der Waals surface area contributed by atoms with E-state index >= 15 is 0 Å². The number of nitrogens with one attached hydrogen (secondary N) is 1. The Morgan fingerprint density at radius 3 is 2.66 bits per heavy atom. The number of amides is 1. The van der Waals surface area contributed by atoms with E-state index in [1.807, 2.05) is 0 Å². The summed E-state index contributed by atoms with van der Waals surface area (Å²) < 4.78 is 37.4. The van der Waals surface area contributed by atoms with E-state index in [1.54, 1.807) is 38.4 Å². The Labute approximate surface area is 186 Å². The van der Waals surface area contributed by atoms with Crippen molar-refractivity contribution in [3.05, 3.63) is 48.6 Å². The minimum absolute atomic E-state index is 0.0604. The van der Waals surface area contributed by atoms with Crippen LogP contribution in [-0.4, -0.2) is 54.0 Å². The predicted octanol–water partition coefficient (Wildman–Crippen LogP) is 2.74. The molecule has 2 aromatic heterocycles. The van der Waals surface area contributed by atoms with Gasteiger partial charge in [-0.15, -0.1) is 0 Å². The van der Waals surface area contributed by atoms with Gasteiger partial charge in [0, 0.05) is 43.9 Å². The largest absolute Gasteiger partial charge is 0.495 e. The number of rotatable bonds is 10. The van der Waals surface area contributed by atoms with Crippen molar-refractivity contribution in [1.29, 1.82) is 0 Å². The Balaban J connectivity index is 1.70. The minimum atomic E-state index is -3.68. The number of hydrogen-bond acceptors (Lipinski definition) is 8. The number of pyridine rings is 1. The van der Waals surface area contributed by atoms with E-state index < -0.39 is 10.0 Å². The van der Waals surface area contributed by atoms with Crippen molar-refractivity contribution < 1.29 is 22.5 Å². The van der Waals surface area contributed by atoms with Crippen molar-refractivity contribution in [3.8, 4) is 17.1 Å². The summed E-state index contributed by atoms with van der Waals surface area (Å²) in [5, 5.41) is 6.61. The molecule has 0 fully saturated rings. The van der Waals surface area contributed by atoms with Gasteiger partial charge in [-0.25, -0.2) is 8.42 Å². The van der Waals surface area contributed by atoms with Crippen molar-refractivity contribution in [2.75, 3.05) is 25.5 Å². The normalized spacial score (nSPS) is 11.5. The zero-order valence-corrected chi connectivity index (χ0v) is 18.9. The number of sulfonamides is 1. The Hall–Kier alpha value is -3.31. The molecule has 0 saturated heterocycles. The number of anilines is 1. The summed E-state index contributed by atoms with van der Waals surface area (Å²) in [7, 11) is -2.23. The molecule has 170 valence electrons. The molecule has 0 saturated carbocycles. The number of carbonyl (C=O) groups is 1. The summed E-state index contributed by atoms with van der Waals surface area (Å²) >= 11 is 0. The van der Waals surface area contributed by atoms with Gasteiger partial charge in [0.1, 0.15) is 5.75 Å². The van der Waals surface area contributed by atoms with Gasteiger partial charge < -0.3 is 14.6 Å². The molecule has 32 heavy (non-hydrogen) atoms. The first-order valence-electron chi connectivity index (χ1n) is 10.1. The number of methoxy groups -OCH3 is 1. The predicted molar refractivity (Wildman–Crippen MR) is 118 cm³/mol. The maximum Gasteiger partial charge on any atom is 0.243 e. The Bertz CT molecular complexity index is 1160. The monoisotopic (exact) mass is 459 g/mol. The molecule has 10 nitrogen and oxygen atoms in total. The van der Waals surface area contributed by atoms with Crippen molar-refractivity contribution in [2.24, 2.45) is 0 Å². The number of carbonyl (C=O) groups excluding carboxylic acids is 1. The van der Waals surface area contributed by atoms with Crippen LogP contribution in [0.15, 0.2) is 52.1 Å². The highest BCUT2D eigenvalue weighted by molar-refractivity contribution is 7.89. The third-order valence-electron chi connectivity index (χ3n) is 4.74. The second kappa shape index (κ2) is 10.3. The lowest BCUT2D eigenvalue weighted by molar-refractivity contribution is -0.116. The van der Waals surface area contributed by atoms with E-state index in [4.69, 9.17) is 9.26 Å². The molecule has 11 heteroatoms. The number of benzene rings is 1. The van der Waals surface area contributed by atoms with Crippen LogP contribution in [0.5, 0.6) is 5.75 Å². The number of hydrogen-bond donors (Lipinski definition) is 1. The third kappa shape index (κ3) is 5.29. The maximum atomic E-state index is 12.8. The zero-order valence-electron chi connectivity index (χ0n) is 18.1. The highest BCUT2D eigenvalue weighted by Gasteiger charge is 2.23. The smallest absolute Gasteiger partial charge is 0.243 e. The van der Waals surface area contributed by atoms with Crippen LogP contribution in [0.1, 0.15) is 26.2 Å². The second-order valence-corrected chi connectivity index (χ2v) is 8.69. The minimum Gasteiger partial charge on any atom is -0.495 e. The van der Waals surface area contributed by atoms with Gasteiger partial charge in [-0.3, -0.25) is 9.78 Å². The van der Waals surface area contributed by atoms with Crippen LogP contribution in [0.25, 0.3) is 11.4 Å². The van der Waals surface area contributed by atoms with Crippen LogP contribution in [-0.2, 0) is 21.2 Å². The van der Waals surface area contributed by atoms with Gasteiger partial charge in [-0.1, -0.05) is 19.0 Å². The summed E-state index contributed by atoms with van der Waals surface area (Å²) in [5.41, 5.74) is 0.982. The van der Waals surface area contributed by atoms with E-state index in [-0.39, 0.29) is 29.3 Å². The molecular formula is C21H25N5O5S. The van der Waals surface area contributed by atoms with Crippen molar-refractivity contribution in [1.82, 2.24) is 19.4 Å². The van der Waals surface area contributed by atoms with E-state index in [2.05, 4.69) is 20.4 Å². The number of aromatic nitrogens is 3. The Morgan fingerprint density at radius 2 is 2.00 bits per heavy atom. The van der Waals surface area contributed by atoms with Gasteiger partial charge in [-0.2, -0.15) is 9.29 Å². The first kappa shape index (κ1) is 23.4. The zero-order chi connectivity index (χ0) is 23.1. The van der Waals surface area contributed by atoms with Gasteiger partial charge in [0.15, 0.2) is 0 Å². The Morgan fingerprint density at radius 1 is 1.22 bits per heavy atom. The molecule has 3 aromatic rings. The molecule has 1 aromatic carbocycles. The molecule has 3 rings (SSSR count). The van der Waals surface area contributed by atoms with Crippen molar-refractivity contribution >= 4 is 21.6 Å². The van der Waals surface area contributed by atoms with Crippen LogP contribution in [0, 0.1) is 0 Å². The first-order chi connectivity index (χ1) is 15.4. The average molecular weight is 460 g/mol. The van der Waals surface area contributed by atoms with E-state index in [0.717, 1.165) is 0 Å². The topological polar surface area (TPSA) is 128 Å². The molecule has 0 aliphatic heterocycles. The molecule has 0 atom stereocenters. The number of aryl methyl sites for hydroxylation is 1. The fourth-order valence-corrected chi connectivity index (χ4v) is 4.54. The summed E-state index contributed by atoms with van der Waals surface area (Å²) in [6.07, 6.45) is 3.54. The van der Waals surface area contributed by atoms with Crippen molar-refractivity contribution in [2.45, 2.75) is 31.6 Å². The van der Waals surface area contributed by atoms with Crippen LogP contribution in [0.4, 0.5) is 5.69 Å². The standard InChI is InChI=1S/C21H25N5O5S/c1-4-26(5-2)32(28,29)16-8-9-18(30-3)17(13-16)23-19(27)10-11-20-24-21(25-31-20)15-7-6-12-22-14-15/h6-9,12-14H,4-5,10-11H2,1-3H3,(H,23,27). The van der Waals surface area contributed by atoms with Crippen LogP contribution in [0.3, 0.4) is 0 Å². The molecule has 1 amide bonds. The summed E-state index contributed by atoms with van der Waals surface area (Å²) in [4.78, 5) is 20.9.